The summed E-state index contributed by atoms with van der Waals surface area (Å²) in [5, 5.41) is 4.27. The van der Waals surface area contributed by atoms with Gasteiger partial charge in [0.05, 0.1) is 25.8 Å². The number of ether oxygens (including phenoxy) is 2. The van der Waals surface area contributed by atoms with Crippen molar-refractivity contribution in [3.63, 3.8) is 0 Å². The zero-order valence-corrected chi connectivity index (χ0v) is 14.7. The van der Waals surface area contributed by atoms with Gasteiger partial charge in [0, 0.05) is 22.5 Å². The van der Waals surface area contributed by atoms with Gasteiger partial charge in [0.2, 0.25) is 0 Å². The van der Waals surface area contributed by atoms with Gasteiger partial charge in [-0.3, -0.25) is 0 Å². The van der Waals surface area contributed by atoms with E-state index in [1.165, 1.54) is 17.3 Å². The minimum Gasteiger partial charge on any atom is -0.496 e. The molecule has 0 saturated carbocycles. The zero-order chi connectivity index (χ0) is 15.1. The molecule has 2 rings (SSSR count). The normalized spacial score (nSPS) is 20.0. The van der Waals surface area contributed by atoms with Crippen LogP contribution in [0.25, 0.3) is 0 Å². The van der Waals surface area contributed by atoms with Crippen molar-refractivity contribution >= 4 is 23.5 Å². The number of hydrogen-bond donors (Lipinski definition) is 1. The van der Waals surface area contributed by atoms with Crippen LogP contribution in [0.3, 0.4) is 0 Å². The Morgan fingerprint density at radius 1 is 1.24 bits per heavy atom. The van der Waals surface area contributed by atoms with E-state index in [9.17, 15) is 0 Å². The molecule has 5 heteroatoms. The fraction of sp³-hybridized carbons (Fsp3) is 0.625. The fourth-order valence-corrected chi connectivity index (χ4v) is 5.45. The van der Waals surface area contributed by atoms with E-state index in [0.717, 1.165) is 30.0 Å². The predicted molar refractivity (Wildman–Crippen MR) is 94.2 cm³/mol. The molecule has 0 bridgehead atoms. The van der Waals surface area contributed by atoms with E-state index in [1.807, 2.05) is 30.0 Å². The average molecular weight is 328 g/mol. The first kappa shape index (κ1) is 16.8. The third-order valence-electron chi connectivity index (χ3n) is 3.60. The lowest BCUT2D eigenvalue weighted by Gasteiger charge is -2.32. The molecule has 0 aliphatic carbocycles. The Balaban J connectivity index is 2.34. The number of benzene rings is 1. The Hall–Kier alpha value is -0.520. The van der Waals surface area contributed by atoms with Gasteiger partial charge in [-0.25, -0.2) is 0 Å². The molecule has 2 unspecified atom stereocenters. The number of nitrogens with one attached hydrogen (secondary N) is 1. The summed E-state index contributed by atoms with van der Waals surface area (Å²) >= 11 is 4.10. The summed E-state index contributed by atoms with van der Waals surface area (Å²) in [5.74, 6) is 5.48. The molecule has 1 saturated heterocycles. The molecule has 0 spiro atoms. The maximum Gasteiger partial charge on any atom is 0.127 e. The Labute approximate surface area is 136 Å². The van der Waals surface area contributed by atoms with Crippen molar-refractivity contribution in [3.8, 4) is 11.5 Å². The van der Waals surface area contributed by atoms with E-state index in [4.69, 9.17) is 9.47 Å². The van der Waals surface area contributed by atoms with Crippen molar-refractivity contribution in [1.82, 2.24) is 5.32 Å². The highest BCUT2D eigenvalue weighted by atomic mass is 32.2. The Kier molecular flexibility index (Phi) is 7.07. The van der Waals surface area contributed by atoms with E-state index < -0.39 is 0 Å². The van der Waals surface area contributed by atoms with E-state index in [2.05, 4.69) is 24.0 Å². The number of methoxy groups -OCH3 is 2. The van der Waals surface area contributed by atoms with Crippen molar-refractivity contribution < 1.29 is 9.47 Å². The van der Waals surface area contributed by atoms with Crippen LogP contribution >= 0.6 is 23.5 Å². The summed E-state index contributed by atoms with van der Waals surface area (Å²) in [7, 11) is 3.47. The van der Waals surface area contributed by atoms with Crippen molar-refractivity contribution in [3.05, 3.63) is 23.8 Å². The third-order valence-corrected chi connectivity index (χ3v) is 6.47. The van der Waals surface area contributed by atoms with Crippen LogP contribution in [0.2, 0.25) is 0 Å². The molecule has 0 radical (unpaired) electrons. The molecule has 1 N–H and O–H groups in total. The lowest BCUT2D eigenvalue weighted by Crippen LogP contribution is -2.34. The molecular formula is C16H25NO2S2. The third kappa shape index (κ3) is 4.24. The molecule has 1 aromatic rings. The van der Waals surface area contributed by atoms with Gasteiger partial charge in [-0.1, -0.05) is 13.0 Å². The predicted octanol–water partition coefficient (Wildman–Crippen LogP) is 3.59. The summed E-state index contributed by atoms with van der Waals surface area (Å²) in [6.07, 6.45) is 1.12. The average Bonchev–Trinajstić information content (AvgIpc) is 2.56. The van der Waals surface area contributed by atoms with Gasteiger partial charge in [0.15, 0.2) is 0 Å². The second kappa shape index (κ2) is 8.81. The first-order valence-electron chi connectivity index (χ1n) is 7.45. The molecule has 1 aliphatic rings. The SMILES string of the molecule is CCCNC(c1c(OC)cccc1OC)C1CSCCS1. The molecule has 3 nitrogen and oxygen atoms in total. The van der Waals surface area contributed by atoms with Crippen molar-refractivity contribution in [2.45, 2.75) is 24.6 Å². The van der Waals surface area contributed by atoms with Crippen LogP contribution in [-0.4, -0.2) is 43.3 Å². The summed E-state index contributed by atoms with van der Waals surface area (Å²) in [5.41, 5.74) is 1.16. The molecule has 21 heavy (non-hydrogen) atoms. The molecule has 1 aliphatic heterocycles. The highest BCUT2D eigenvalue weighted by molar-refractivity contribution is 8.06. The topological polar surface area (TPSA) is 30.5 Å². The standard InChI is InChI=1S/C16H25NO2S2/c1-4-8-17-16(14-11-20-9-10-21-14)15-12(18-2)6-5-7-13(15)19-3/h5-7,14,16-17H,4,8-11H2,1-3H3. The highest BCUT2D eigenvalue weighted by Gasteiger charge is 2.30. The smallest absolute Gasteiger partial charge is 0.127 e. The van der Waals surface area contributed by atoms with Crippen LogP contribution in [0.15, 0.2) is 18.2 Å². The van der Waals surface area contributed by atoms with E-state index >= 15 is 0 Å². The molecule has 0 amide bonds. The molecule has 2 atom stereocenters. The summed E-state index contributed by atoms with van der Waals surface area (Å²) < 4.78 is 11.2. The van der Waals surface area contributed by atoms with Gasteiger partial charge in [-0.15, -0.1) is 0 Å². The fourth-order valence-electron chi connectivity index (χ4n) is 2.60. The number of rotatable bonds is 7. The summed E-state index contributed by atoms with van der Waals surface area (Å²) in [6, 6.07) is 6.31. The van der Waals surface area contributed by atoms with E-state index in [0.29, 0.717) is 5.25 Å². The van der Waals surface area contributed by atoms with E-state index in [1.54, 1.807) is 14.2 Å². The van der Waals surface area contributed by atoms with Crippen LogP contribution in [0.1, 0.15) is 24.9 Å². The van der Waals surface area contributed by atoms with Crippen LogP contribution < -0.4 is 14.8 Å². The Bertz CT molecular complexity index is 414. The largest absolute Gasteiger partial charge is 0.496 e. The van der Waals surface area contributed by atoms with Crippen LogP contribution in [0.4, 0.5) is 0 Å². The summed E-state index contributed by atoms with van der Waals surface area (Å²) in [6.45, 7) is 3.21. The maximum absolute atomic E-state index is 5.60. The van der Waals surface area contributed by atoms with Gasteiger partial charge < -0.3 is 14.8 Å². The quantitative estimate of drug-likeness (QED) is 0.827. The Morgan fingerprint density at radius 3 is 2.48 bits per heavy atom. The van der Waals surface area contributed by atoms with Crippen LogP contribution in [-0.2, 0) is 0 Å². The maximum atomic E-state index is 5.60. The van der Waals surface area contributed by atoms with Gasteiger partial charge in [-0.2, -0.15) is 23.5 Å². The monoisotopic (exact) mass is 327 g/mol. The first-order chi connectivity index (χ1) is 10.3. The highest BCUT2D eigenvalue weighted by Crippen LogP contribution is 2.41. The minimum atomic E-state index is 0.272. The number of thioether (sulfide) groups is 2. The van der Waals surface area contributed by atoms with Crippen molar-refractivity contribution in [2.75, 3.05) is 38.0 Å². The second-order valence-electron chi connectivity index (χ2n) is 4.99. The second-order valence-corrected chi connectivity index (χ2v) is 7.49. The van der Waals surface area contributed by atoms with Gasteiger partial charge in [0.1, 0.15) is 11.5 Å². The molecule has 1 fully saturated rings. The number of hydrogen-bond acceptors (Lipinski definition) is 5. The molecular weight excluding hydrogens is 302 g/mol. The van der Waals surface area contributed by atoms with Gasteiger partial charge in [-0.05, 0) is 25.1 Å². The zero-order valence-electron chi connectivity index (χ0n) is 13.1. The lowest BCUT2D eigenvalue weighted by atomic mass is 10.0. The van der Waals surface area contributed by atoms with Crippen molar-refractivity contribution in [2.24, 2.45) is 0 Å². The Morgan fingerprint density at radius 2 is 1.95 bits per heavy atom. The summed E-state index contributed by atoms with van der Waals surface area (Å²) in [4.78, 5) is 0. The minimum absolute atomic E-state index is 0.272. The lowest BCUT2D eigenvalue weighted by molar-refractivity contribution is 0.369. The van der Waals surface area contributed by atoms with Crippen LogP contribution in [0.5, 0.6) is 11.5 Å². The molecule has 118 valence electrons. The first-order valence-corrected chi connectivity index (χ1v) is 9.65. The van der Waals surface area contributed by atoms with Gasteiger partial charge in [0.25, 0.3) is 0 Å². The molecule has 1 aromatic carbocycles. The molecule has 0 aromatic heterocycles. The van der Waals surface area contributed by atoms with Crippen LogP contribution in [0, 0.1) is 0 Å². The van der Waals surface area contributed by atoms with Gasteiger partial charge >= 0.3 is 0 Å². The van der Waals surface area contributed by atoms with Crippen molar-refractivity contribution in [1.29, 1.82) is 0 Å². The molecule has 1 heterocycles. The van der Waals surface area contributed by atoms with E-state index in [-0.39, 0.29) is 6.04 Å².